The number of imidazole rings is 2. The van der Waals surface area contributed by atoms with E-state index in [0.29, 0.717) is 17.3 Å². The van der Waals surface area contributed by atoms with E-state index in [9.17, 15) is 0 Å². The molecule has 0 aliphatic heterocycles. The van der Waals surface area contributed by atoms with E-state index < -0.39 is 0 Å². The summed E-state index contributed by atoms with van der Waals surface area (Å²) in [4.78, 5) is 8.63. The molecule has 2 aromatic heterocycles. The average Bonchev–Trinajstić information content (AvgIpc) is 3.10. The molecule has 0 bridgehead atoms. The SMILES string of the molecule is COc1cc(-n2cnc(Cn3ccnc3C)c2)ccc1Cl.Cl.Cl. The van der Waals surface area contributed by atoms with Crippen molar-refractivity contribution >= 4 is 36.4 Å². The minimum atomic E-state index is 0. The van der Waals surface area contributed by atoms with Gasteiger partial charge in [-0.15, -0.1) is 24.8 Å². The van der Waals surface area contributed by atoms with Crippen molar-refractivity contribution in [2.45, 2.75) is 13.5 Å². The summed E-state index contributed by atoms with van der Waals surface area (Å²) in [6, 6.07) is 5.63. The second kappa shape index (κ2) is 8.24. The molecule has 0 fully saturated rings. The molecule has 0 aliphatic carbocycles. The highest BCUT2D eigenvalue weighted by Gasteiger charge is 2.06. The summed E-state index contributed by atoms with van der Waals surface area (Å²) in [5.74, 6) is 1.62. The van der Waals surface area contributed by atoms with Crippen LogP contribution in [-0.2, 0) is 6.54 Å². The molecule has 5 nitrogen and oxygen atoms in total. The molecule has 3 rings (SSSR count). The van der Waals surface area contributed by atoms with Crippen LogP contribution in [0, 0.1) is 6.92 Å². The van der Waals surface area contributed by atoms with Crippen LogP contribution in [-0.4, -0.2) is 26.2 Å². The standard InChI is InChI=1S/C15H15ClN4O.2ClH/c1-11-17-5-6-19(11)8-12-9-20(10-18-12)13-3-4-14(16)15(7-13)21-2;;/h3-7,9-10H,8H2,1-2H3;2*1H. The zero-order valence-corrected chi connectivity index (χ0v) is 15.0. The van der Waals surface area contributed by atoms with Gasteiger partial charge in [0.05, 0.1) is 36.4 Å². The molecule has 1 aromatic carbocycles. The first-order valence-corrected chi connectivity index (χ1v) is 6.89. The third-order valence-corrected chi connectivity index (χ3v) is 3.64. The van der Waals surface area contributed by atoms with E-state index in [-0.39, 0.29) is 24.8 Å². The van der Waals surface area contributed by atoms with E-state index in [0.717, 1.165) is 17.2 Å². The number of aryl methyl sites for hydroxylation is 1. The topological polar surface area (TPSA) is 44.9 Å². The van der Waals surface area contributed by atoms with Gasteiger partial charge in [0.25, 0.3) is 0 Å². The van der Waals surface area contributed by atoms with Crippen LogP contribution in [0.1, 0.15) is 11.5 Å². The fraction of sp³-hybridized carbons (Fsp3) is 0.200. The molecule has 0 atom stereocenters. The molecular weight excluding hydrogens is 359 g/mol. The second-order valence-corrected chi connectivity index (χ2v) is 5.10. The van der Waals surface area contributed by atoms with E-state index in [1.54, 1.807) is 19.6 Å². The number of hydrogen-bond acceptors (Lipinski definition) is 3. The Balaban J connectivity index is 0.00000132. The minimum Gasteiger partial charge on any atom is -0.495 e. The zero-order valence-electron chi connectivity index (χ0n) is 12.6. The third-order valence-electron chi connectivity index (χ3n) is 3.32. The monoisotopic (exact) mass is 374 g/mol. The first kappa shape index (κ1) is 19.4. The molecule has 0 amide bonds. The Morgan fingerprint density at radius 2 is 2.00 bits per heavy atom. The van der Waals surface area contributed by atoms with Crippen molar-refractivity contribution in [2.24, 2.45) is 0 Å². The molecule has 23 heavy (non-hydrogen) atoms. The number of nitrogens with zero attached hydrogens (tertiary/aromatic N) is 4. The molecule has 0 saturated heterocycles. The van der Waals surface area contributed by atoms with Crippen LogP contribution >= 0.6 is 36.4 Å². The van der Waals surface area contributed by atoms with Gasteiger partial charge in [-0.25, -0.2) is 9.97 Å². The summed E-state index contributed by atoms with van der Waals surface area (Å²) in [7, 11) is 1.60. The molecule has 0 aliphatic rings. The van der Waals surface area contributed by atoms with Gasteiger partial charge in [0, 0.05) is 24.7 Å². The highest BCUT2D eigenvalue weighted by molar-refractivity contribution is 6.32. The van der Waals surface area contributed by atoms with Crippen LogP contribution in [0.2, 0.25) is 5.02 Å². The summed E-state index contributed by atoms with van der Waals surface area (Å²) < 4.78 is 9.23. The van der Waals surface area contributed by atoms with Gasteiger partial charge in [-0.1, -0.05) is 11.6 Å². The maximum Gasteiger partial charge on any atom is 0.139 e. The summed E-state index contributed by atoms with van der Waals surface area (Å²) in [6.07, 6.45) is 7.50. The lowest BCUT2D eigenvalue weighted by Crippen LogP contribution is -2.00. The summed E-state index contributed by atoms with van der Waals surface area (Å²) in [5.41, 5.74) is 1.92. The number of methoxy groups -OCH3 is 1. The van der Waals surface area contributed by atoms with Gasteiger partial charge >= 0.3 is 0 Å². The highest BCUT2D eigenvalue weighted by atomic mass is 35.5. The van der Waals surface area contributed by atoms with E-state index >= 15 is 0 Å². The largest absolute Gasteiger partial charge is 0.495 e. The predicted octanol–water partition coefficient (Wildman–Crippen LogP) is 3.93. The van der Waals surface area contributed by atoms with Crippen molar-refractivity contribution in [3.05, 3.63) is 59.7 Å². The van der Waals surface area contributed by atoms with Crippen LogP contribution in [0.15, 0.2) is 43.1 Å². The maximum absolute atomic E-state index is 6.04. The van der Waals surface area contributed by atoms with Crippen LogP contribution in [0.3, 0.4) is 0 Å². The van der Waals surface area contributed by atoms with Crippen molar-refractivity contribution in [1.82, 2.24) is 19.1 Å². The number of rotatable bonds is 4. The van der Waals surface area contributed by atoms with Gasteiger partial charge in [0.15, 0.2) is 0 Å². The van der Waals surface area contributed by atoms with E-state index in [4.69, 9.17) is 16.3 Å². The number of halogens is 3. The molecule has 0 saturated carbocycles. The Hall–Kier alpha value is -1.69. The molecule has 2 heterocycles. The Bertz CT molecular complexity index is 770. The van der Waals surface area contributed by atoms with Crippen molar-refractivity contribution in [3.63, 3.8) is 0 Å². The Morgan fingerprint density at radius 3 is 2.65 bits per heavy atom. The number of hydrogen-bond donors (Lipinski definition) is 0. The van der Waals surface area contributed by atoms with Crippen LogP contribution in [0.5, 0.6) is 5.75 Å². The lowest BCUT2D eigenvalue weighted by molar-refractivity contribution is 0.415. The molecule has 0 unspecified atom stereocenters. The van der Waals surface area contributed by atoms with Gasteiger partial charge in [-0.3, -0.25) is 0 Å². The molecule has 3 aromatic rings. The van der Waals surface area contributed by atoms with Crippen LogP contribution < -0.4 is 4.74 Å². The lowest BCUT2D eigenvalue weighted by atomic mass is 10.3. The van der Waals surface area contributed by atoms with Gasteiger partial charge in [0.1, 0.15) is 11.6 Å². The normalized spacial score (nSPS) is 9.87. The fourth-order valence-electron chi connectivity index (χ4n) is 2.14. The second-order valence-electron chi connectivity index (χ2n) is 4.69. The third kappa shape index (κ3) is 4.19. The molecule has 0 spiro atoms. The van der Waals surface area contributed by atoms with Crippen molar-refractivity contribution in [2.75, 3.05) is 7.11 Å². The highest BCUT2D eigenvalue weighted by Crippen LogP contribution is 2.26. The van der Waals surface area contributed by atoms with E-state index in [2.05, 4.69) is 14.5 Å². The summed E-state index contributed by atoms with van der Waals surface area (Å²) >= 11 is 6.04. The first-order valence-electron chi connectivity index (χ1n) is 6.52. The van der Waals surface area contributed by atoms with Crippen molar-refractivity contribution in [1.29, 1.82) is 0 Å². The first-order chi connectivity index (χ1) is 10.2. The van der Waals surface area contributed by atoms with Gasteiger partial charge in [-0.05, 0) is 19.1 Å². The number of ether oxygens (including phenoxy) is 1. The lowest BCUT2D eigenvalue weighted by Gasteiger charge is -2.07. The Labute approximate surface area is 152 Å². The molecule has 0 N–H and O–H groups in total. The summed E-state index contributed by atoms with van der Waals surface area (Å²) in [5, 5.41) is 0.593. The fourth-order valence-corrected chi connectivity index (χ4v) is 2.34. The number of aromatic nitrogens is 4. The molecule has 8 heteroatoms. The van der Waals surface area contributed by atoms with Crippen molar-refractivity contribution < 1.29 is 4.74 Å². The van der Waals surface area contributed by atoms with Gasteiger partial charge in [-0.2, -0.15) is 0 Å². The average molecular weight is 376 g/mol. The zero-order chi connectivity index (χ0) is 14.8. The minimum absolute atomic E-state index is 0. The van der Waals surface area contributed by atoms with Crippen LogP contribution in [0.25, 0.3) is 5.69 Å². The van der Waals surface area contributed by atoms with Crippen LogP contribution in [0.4, 0.5) is 0 Å². The maximum atomic E-state index is 6.04. The smallest absolute Gasteiger partial charge is 0.139 e. The Kier molecular flexibility index (Phi) is 6.94. The quantitative estimate of drug-likeness (QED) is 0.694. The predicted molar refractivity (Wildman–Crippen MR) is 95.7 cm³/mol. The van der Waals surface area contributed by atoms with Gasteiger partial charge < -0.3 is 13.9 Å². The van der Waals surface area contributed by atoms with E-state index in [1.165, 1.54) is 0 Å². The van der Waals surface area contributed by atoms with Gasteiger partial charge in [0.2, 0.25) is 0 Å². The molecular formula is C15H17Cl3N4O. The van der Waals surface area contributed by atoms with E-state index in [1.807, 2.05) is 42.1 Å². The summed E-state index contributed by atoms with van der Waals surface area (Å²) in [6.45, 7) is 2.67. The number of benzene rings is 1. The molecule has 0 radical (unpaired) electrons. The van der Waals surface area contributed by atoms with Crippen molar-refractivity contribution in [3.8, 4) is 11.4 Å². The Morgan fingerprint density at radius 1 is 1.22 bits per heavy atom. The molecule has 124 valence electrons.